The molecule has 7 nitrogen and oxygen atoms in total. The fourth-order valence-electron chi connectivity index (χ4n) is 4.08. The molecule has 1 amide bonds. The Labute approximate surface area is 161 Å². The first-order valence-corrected chi connectivity index (χ1v) is 9.38. The number of oxazole rings is 1. The van der Waals surface area contributed by atoms with Gasteiger partial charge in [0.05, 0.1) is 17.7 Å². The zero-order valence-corrected chi connectivity index (χ0v) is 15.8. The number of H-pyrrole nitrogens is 1. The molecule has 2 aliphatic rings. The third-order valence-electron chi connectivity index (χ3n) is 5.83. The van der Waals surface area contributed by atoms with Crippen LogP contribution in [-0.4, -0.2) is 42.1 Å². The number of ether oxygens (including phenoxy) is 1. The Bertz CT molecular complexity index is 1130. The number of amides is 1. The summed E-state index contributed by atoms with van der Waals surface area (Å²) < 4.78 is 10.5. The number of aromatic amines is 1. The molecular weight excluding hydrogens is 358 g/mol. The SMILES string of the molecule is COC1CN(c2ccc3c(c2)C(C)N(Cc2ccc4[nH]c(=O)oc4c2)C3=O)C1. The smallest absolute Gasteiger partial charge is 0.408 e. The van der Waals surface area contributed by atoms with Crippen LogP contribution in [0.3, 0.4) is 0 Å². The molecule has 3 aromatic rings. The monoisotopic (exact) mass is 379 g/mol. The van der Waals surface area contributed by atoms with Gasteiger partial charge in [0.25, 0.3) is 5.91 Å². The summed E-state index contributed by atoms with van der Waals surface area (Å²) in [4.78, 5) is 31.1. The minimum atomic E-state index is -0.473. The Hall–Kier alpha value is -3.06. The maximum atomic E-state index is 13.0. The highest BCUT2D eigenvalue weighted by Gasteiger charge is 2.35. The molecule has 144 valence electrons. The second-order valence-corrected chi connectivity index (χ2v) is 7.49. The quantitative estimate of drug-likeness (QED) is 0.754. The van der Waals surface area contributed by atoms with Crippen molar-refractivity contribution in [3.8, 4) is 0 Å². The van der Waals surface area contributed by atoms with Gasteiger partial charge < -0.3 is 19.0 Å². The van der Waals surface area contributed by atoms with E-state index in [0.29, 0.717) is 17.6 Å². The van der Waals surface area contributed by atoms with Crippen molar-refractivity contribution in [1.82, 2.24) is 9.88 Å². The molecule has 1 atom stereocenters. The molecule has 3 heterocycles. The molecule has 5 rings (SSSR count). The zero-order valence-electron chi connectivity index (χ0n) is 15.8. The Morgan fingerprint density at radius 3 is 2.79 bits per heavy atom. The molecule has 1 unspecified atom stereocenters. The van der Waals surface area contributed by atoms with Gasteiger partial charge in [-0.15, -0.1) is 0 Å². The van der Waals surface area contributed by atoms with Crippen molar-refractivity contribution < 1.29 is 13.9 Å². The Kier molecular flexibility index (Phi) is 3.80. The third-order valence-corrected chi connectivity index (χ3v) is 5.83. The van der Waals surface area contributed by atoms with E-state index >= 15 is 0 Å². The average Bonchev–Trinajstić information content (AvgIpc) is 3.13. The molecular formula is C21H21N3O4. The number of nitrogens with zero attached hydrogens (tertiary/aromatic N) is 2. The maximum absolute atomic E-state index is 13.0. The number of carbonyl (C=O) groups excluding carboxylic acids is 1. The van der Waals surface area contributed by atoms with Crippen molar-refractivity contribution in [2.75, 3.05) is 25.1 Å². The number of hydrogen-bond acceptors (Lipinski definition) is 5. The first kappa shape index (κ1) is 17.1. The van der Waals surface area contributed by atoms with E-state index in [0.717, 1.165) is 35.5 Å². The largest absolute Gasteiger partial charge is 0.417 e. The molecule has 28 heavy (non-hydrogen) atoms. The normalized spacial score (nSPS) is 19.4. The van der Waals surface area contributed by atoms with Crippen molar-refractivity contribution in [3.63, 3.8) is 0 Å². The molecule has 1 saturated heterocycles. The third kappa shape index (κ3) is 2.62. The number of fused-ring (bicyclic) bond motifs is 2. The number of methoxy groups -OCH3 is 1. The minimum Gasteiger partial charge on any atom is -0.408 e. The molecule has 1 fully saturated rings. The Balaban J connectivity index is 1.39. The maximum Gasteiger partial charge on any atom is 0.417 e. The van der Waals surface area contributed by atoms with Crippen LogP contribution in [0.1, 0.15) is 34.5 Å². The summed E-state index contributed by atoms with van der Waals surface area (Å²) in [5, 5.41) is 0. The average molecular weight is 379 g/mol. The van der Waals surface area contributed by atoms with Gasteiger partial charge in [-0.1, -0.05) is 6.07 Å². The molecule has 1 aromatic heterocycles. The number of hydrogen-bond donors (Lipinski definition) is 1. The Morgan fingerprint density at radius 2 is 2.00 bits per heavy atom. The van der Waals surface area contributed by atoms with Crippen LogP contribution in [0.4, 0.5) is 5.69 Å². The molecule has 0 saturated carbocycles. The van der Waals surface area contributed by atoms with Gasteiger partial charge in [0, 0.05) is 38.0 Å². The number of benzene rings is 2. The van der Waals surface area contributed by atoms with Gasteiger partial charge >= 0.3 is 5.76 Å². The van der Waals surface area contributed by atoms with Gasteiger partial charge in [0.15, 0.2) is 5.58 Å². The molecule has 0 bridgehead atoms. The van der Waals surface area contributed by atoms with Crippen molar-refractivity contribution in [2.24, 2.45) is 0 Å². The standard InChI is InChI=1S/C21H21N3O4/c1-12-17-8-14(23-10-15(11-23)27-2)4-5-16(17)20(25)24(12)9-13-3-6-18-19(7-13)28-21(26)22-18/h3-8,12,15H,9-11H2,1-2H3,(H,22,26). The molecule has 0 aliphatic carbocycles. The van der Waals surface area contributed by atoms with E-state index in [1.165, 1.54) is 0 Å². The van der Waals surface area contributed by atoms with E-state index in [9.17, 15) is 9.59 Å². The molecule has 1 N–H and O–H groups in total. The van der Waals surface area contributed by atoms with Crippen molar-refractivity contribution in [1.29, 1.82) is 0 Å². The topological polar surface area (TPSA) is 78.8 Å². The highest BCUT2D eigenvalue weighted by Crippen LogP contribution is 2.37. The first-order chi connectivity index (χ1) is 13.5. The van der Waals surface area contributed by atoms with Gasteiger partial charge in [0.2, 0.25) is 0 Å². The second kappa shape index (κ2) is 6.24. The van der Waals surface area contributed by atoms with Crippen LogP contribution in [0.2, 0.25) is 0 Å². The summed E-state index contributed by atoms with van der Waals surface area (Å²) in [6.45, 7) is 4.27. The van der Waals surface area contributed by atoms with Gasteiger partial charge in [0.1, 0.15) is 0 Å². The first-order valence-electron chi connectivity index (χ1n) is 9.38. The summed E-state index contributed by atoms with van der Waals surface area (Å²) in [6, 6.07) is 11.6. The predicted molar refractivity (Wildman–Crippen MR) is 105 cm³/mol. The van der Waals surface area contributed by atoms with Gasteiger partial charge in [-0.2, -0.15) is 0 Å². The number of aromatic nitrogens is 1. The lowest BCUT2D eigenvalue weighted by Crippen LogP contribution is -2.51. The lowest BCUT2D eigenvalue weighted by Gasteiger charge is -2.40. The van der Waals surface area contributed by atoms with Crippen LogP contribution in [0.15, 0.2) is 45.6 Å². The van der Waals surface area contributed by atoms with Crippen LogP contribution < -0.4 is 10.7 Å². The molecule has 7 heteroatoms. The number of carbonyl (C=O) groups is 1. The van der Waals surface area contributed by atoms with E-state index in [4.69, 9.17) is 9.15 Å². The predicted octanol–water partition coefficient (Wildman–Crippen LogP) is 2.67. The number of nitrogens with one attached hydrogen (secondary N) is 1. The van der Waals surface area contributed by atoms with Crippen LogP contribution in [-0.2, 0) is 11.3 Å². The second-order valence-electron chi connectivity index (χ2n) is 7.49. The lowest BCUT2D eigenvalue weighted by molar-refractivity contribution is 0.0723. The Morgan fingerprint density at radius 1 is 1.18 bits per heavy atom. The number of anilines is 1. The summed E-state index contributed by atoms with van der Waals surface area (Å²) >= 11 is 0. The number of rotatable bonds is 4. The lowest BCUT2D eigenvalue weighted by atomic mass is 10.0. The van der Waals surface area contributed by atoms with Crippen molar-refractivity contribution in [2.45, 2.75) is 25.6 Å². The van der Waals surface area contributed by atoms with Crippen molar-refractivity contribution >= 4 is 22.7 Å². The van der Waals surface area contributed by atoms with E-state index < -0.39 is 5.76 Å². The van der Waals surface area contributed by atoms with Gasteiger partial charge in [-0.25, -0.2) is 4.79 Å². The van der Waals surface area contributed by atoms with Gasteiger partial charge in [-0.3, -0.25) is 9.78 Å². The van der Waals surface area contributed by atoms with Crippen LogP contribution >= 0.6 is 0 Å². The van der Waals surface area contributed by atoms with E-state index in [-0.39, 0.29) is 18.1 Å². The zero-order chi connectivity index (χ0) is 19.4. The molecule has 2 aromatic carbocycles. The van der Waals surface area contributed by atoms with Crippen LogP contribution in [0, 0.1) is 0 Å². The summed E-state index contributed by atoms with van der Waals surface area (Å²) in [7, 11) is 1.74. The van der Waals surface area contributed by atoms with E-state index in [1.807, 2.05) is 35.2 Å². The van der Waals surface area contributed by atoms with Crippen molar-refractivity contribution in [3.05, 3.63) is 63.6 Å². The fraction of sp³-hybridized carbons (Fsp3) is 0.333. The highest BCUT2D eigenvalue weighted by molar-refractivity contribution is 5.99. The van der Waals surface area contributed by atoms with E-state index in [1.54, 1.807) is 7.11 Å². The fourth-order valence-corrected chi connectivity index (χ4v) is 4.08. The summed E-state index contributed by atoms with van der Waals surface area (Å²) in [6.07, 6.45) is 0.284. The van der Waals surface area contributed by atoms with Crippen LogP contribution in [0.5, 0.6) is 0 Å². The summed E-state index contributed by atoms with van der Waals surface area (Å²) in [5.74, 6) is -0.442. The molecule has 2 aliphatic heterocycles. The minimum absolute atomic E-state index is 0.0177. The summed E-state index contributed by atoms with van der Waals surface area (Å²) in [5.41, 5.74) is 5.03. The highest BCUT2D eigenvalue weighted by atomic mass is 16.5. The van der Waals surface area contributed by atoms with Crippen LogP contribution in [0.25, 0.3) is 11.1 Å². The van der Waals surface area contributed by atoms with Gasteiger partial charge in [-0.05, 0) is 48.4 Å². The molecule has 0 radical (unpaired) electrons. The van der Waals surface area contributed by atoms with E-state index in [2.05, 4.69) is 22.9 Å². The molecule has 0 spiro atoms.